The number of rotatable bonds is 8. The summed E-state index contributed by atoms with van der Waals surface area (Å²) in [5.41, 5.74) is 0.146. The van der Waals surface area contributed by atoms with Crippen LogP contribution in [-0.4, -0.2) is 66.6 Å². The van der Waals surface area contributed by atoms with E-state index in [0.717, 1.165) is 6.07 Å². The van der Waals surface area contributed by atoms with Gasteiger partial charge in [0.25, 0.3) is 10.0 Å². The summed E-state index contributed by atoms with van der Waals surface area (Å²) in [6.45, 7) is 2.36. The molecule has 0 unspecified atom stereocenters. The van der Waals surface area contributed by atoms with Crippen molar-refractivity contribution in [3.63, 3.8) is 0 Å². The normalized spacial score (nSPS) is 14.0. The summed E-state index contributed by atoms with van der Waals surface area (Å²) >= 11 is 0. The molecule has 1 aliphatic heterocycles. The molecule has 3 aromatic rings. The number of nitrogens with one attached hydrogen (secondary N) is 2. The number of carboxylic acids is 1. The number of anilines is 1. The van der Waals surface area contributed by atoms with Gasteiger partial charge in [0, 0.05) is 37.9 Å². The van der Waals surface area contributed by atoms with Crippen LogP contribution in [0.3, 0.4) is 0 Å². The number of sulfonamides is 1. The highest BCUT2D eigenvalue weighted by atomic mass is 32.2. The van der Waals surface area contributed by atoms with E-state index in [1.54, 1.807) is 17.0 Å². The van der Waals surface area contributed by atoms with E-state index in [-0.39, 0.29) is 34.3 Å². The van der Waals surface area contributed by atoms with Gasteiger partial charge in [-0.2, -0.15) is 10.2 Å². The molecule has 1 aliphatic rings. The molecule has 0 bridgehead atoms. The summed E-state index contributed by atoms with van der Waals surface area (Å²) in [6, 6.07) is 12.9. The van der Waals surface area contributed by atoms with Crippen LogP contribution in [0.15, 0.2) is 75.9 Å². The fraction of sp³-hybridized carbons (Fsp3) is 0.208. The average Bonchev–Trinajstić information content (AvgIpc) is 2.90. The van der Waals surface area contributed by atoms with E-state index in [2.05, 4.69) is 25.3 Å². The number of benzene rings is 2. The first kappa shape index (κ1) is 25.7. The van der Waals surface area contributed by atoms with Crippen LogP contribution >= 0.6 is 0 Å². The summed E-state index contributed by atoms with van der Waals surface area (Å²) in [5, 5.41) is 31.1. The van der Waals surface area contributed by atoms with Gasteiger partial charge in [0.05, 0.1) is 22.7 Å². The molecule has 1 saturated heterocycles. The predicted octanol–water partition coefficient (Wildman–Crippen LogP) is 2.68. The first-order valence-electron chi connectivity index (χ1n) is 11.3. The molecule has 1 aromatic heterocycles. The molecule has 0 aliphatic carbocycles. The van der Waals surface area contributed by atoms with Gasteiger partial charge in [0.2, 0.25) is 5.91 Å². The van der Waals surface area contributed by atoms with Gasteiger partial charge >= 0.3 is 5.97 Å². The van der Waals surface area contributed by atoms with Crippen LogP contribution < -0.4 is 10.0 Å². The maximum atomic E-state index is 12.6. The van der Waals surface area contributed by atoms with Crippen molar-refractivity contribution in [2.75, 3.05) is 30.9 Å². The summed E-state index contributed by atoms with van der Waals surface area (Å²) < 4.78 is 27.5. The zero-order chi connectivity index (χ0) is 26.4. The maximum Gasteiger partial charge on any atom is 0.339 e. The second-order valence-corrected chi connectivity index (χ2v) is 9.81. The fourth-order valence-electron chi connectivity index (χ4n) is 3.65. The third kappa shape index (κ3) is 6.45. The Balaban J connectivity index is 1.53. The van der Waals surface area contributed by atoms with Crippen molar-refractivity contribution in [3.05, 3.63) is 71.9 Å². The number of aromatic carboxylic acids is 1. The number of phenols is 1. The van der Waals surface area contributed by atoms with Crippen molar-refractivity contribution in [1.29, 1.82) is 0 Å². The quantitative estimate of drug-likeness (QED) is 0.325. The van der Waals surface area contributed by atoms with Crippen molar-refractivity contribution in [3.8, 4) is 5.75 Å². The number of piperazine rings is 1. The van der Waals surface area contributed by atoms with E-state index in [1.807, 2.05) is 0 Å². The van der Waals surface area contributed by atoms with E-state index in [1.165, 1.54) is 42.6 Å². The van der Waals surface area contributed by atoms with Crippen molar-refractivity contribution in [2.45, 2.75) is 11.3 Å². The molecule has 37 heavy (non-hydrogen) atoms. The molecular formula is C24H24N6O6S. The van der Waals surface area contributed by atoms with E-state index in [9.17, 15) is 28.2 Å². The number of hydrogen-bond donors (Lipinski definition) is 4. The molecule has 4 N–H and O–H groups in total. The number of carbonyl (C=O) groups is 2. The molecule has 192 valence electrons. The second-order valence-electron chi connectivity index (χ2n) is 8.13. The topological polar surface area (TPSA) is 174 Å². The van der Waals surface area contributed by atoms with Crippen molar-refractivity contribution in [2.24, 2.45) is 10.2 Å². The lowest BCUT2D eigenvalue weighted by atomic mass is 10.0. The fourth-order valence-corrected chi connectivity index (χ4v) is 4.66. The molecule has 1 fully saturated rings. The Labute approximate surface area is 212 Å². The Hall–Kier alpha value is -4.36. The van der Waals surface area contributed by atoms with E-state index in [4.69, 9.17) is 0 Å². The highest BCUT2D eigenvalue weighted by Gasteiger charge is 2.22. The zero-order valence-corrected chi connectivity index (χ0v) is 20.4. The summed E-state index contributed by atoms with van der Waals surface area (Å²) in [5.74, 6) is -1.93. The Morgan fingerprint density at radius 1 is 1.03 bits per heavy atom. The lowest BCUT2D eigenvalue weighted by Gasteiger charge is -2.27. The molecule has 2 heterocycles. The monoisotopic (exact) mass is 524 g/mol. The minimum absolute atomic E-state index is 0.0105. The minimum Gasteiger partial charge on any atom is -0.507 e. The van der Waals surface area contributed by atoms with E-state index in [0.29, 0.717) is 31.9 Å². The smallest absolute Gasteiger partial charge is 0.339 e. The molecule has 0 atom stereocenters. The van der Waals surface area contributed by atoms with Crippen molar-refractivity contribution in [1.82, 2.24) is 15.2 Å². The number of aromatic nitrogens is 1. The number of nitrogens with zero attached hydrogens (tertiary/aromatic N) is 4. The zero-order valence-electron chi connectivity index (χ0n) is 19.5. The first-order valence-corrected chi connectivity index (χ1v) is 12.7. The van der Waals surface area contributed by atoms with Gasteiger partial charge in [-0.1, -0.05) is 6.07 Å². The predicted molar refractivity (Wildman–Crippen MR) is 134 cm³/mol. The SMILES string of the molecule is O=C(O)c1cc(N=Nc2ccc(S(=O)(=O)Nc3ccccn3)cc2)cc(CC(=O)N2CCNCC2)c1O. The lowest BCUT2D eigenvalue weighted by molar-refractivity contribution is -0.131. The van der Waals surface area contributed by atoms with Crippen LogP contribution in [0.4, 0.5) is 17.2 Å². The van der Waals surface area contributed by atoms with Crippen LogP contribution in [0.2, 0.25) is 0 Å². The first-order chi connectivity index (χ1) is 17.7. The molecular weight excluding hydrogens is 500 g/mol. The molecule has 4 rings (SSSR count). The maximum absolute atomic E-state index is 12.6. The van der Waals surface area contributed by atoms with Crippen LogP contribution in [-0.2, 0) is 21.2 Å². The highest BCUT2D eigenvalue weighted by molar-refractivity contribution is 7.92. The van der Waals surface area contributed by atoms with Gasteiger partial charge in [-0.15, -0.1) is 0 Å². The highest BCUT2D eigenvalue weighted by Crippen LogP contribution is 2.31. The number of carboxylic acid groups (broad SMARTS) is 1. The molecule has 0 spiro atoms. The second kappa shape index (κ2) is 11.1. The summed E-state index contributed by atoms with van der Waals surface area (Å²) in [6.07, 6.45) is 1.28. The Morgan fingerprint density at radius 2 is 1.73 bits per heavy atom. The van der Waals surface area contributed by atoms with Crippen molar-refractivity contribution < 1.29 is 28.2 Å². The Morgan fingerprint density at radius 3 is 2.38 bits per heavy atom. The average molecular weight is 525 g/mol. The number of carbonyl (C=O) groups excluding carboxylic acids is 1. The van der Waals surface area contributed by atoms with Crippen LogP contribution in [0.1, 0.15) is 15.9 Å². The molecule has 0 radical (unpaired) electrons. The van der Waals surface area contributed by atoms with Gasteiger partial charge in [0.15, 0.2) is 0 Å². The molecule has 12 nitrogen and oxygen atoms in total. The van der Waals surface area contributed by atoms with Gasteiger partial charge in [-0.05, 0) is 48.5 Å². The van der Waals surface area contributed by atoms with Gasteiger partial charge in [-0.25, -0.2) is 18.2 Å². The third-order valence-corrected chi connectivity index (χ3v) is 6.92. The molecule has 1 amide bonds. The summed E-state index contributed by atoms with van der Waals surface area (Å²) in [7, 11) is -3.86. The lowest BCUT2D eigenvalue weighted by Crippen LogP contribution is -2.46. The third-order valence-electron chi connectivity index (χ3n) is 5.55. The van der Waals surface area contributed by atoms with Gasteiger partial charge < -0.3 is 20.4 Å². The number of aromatic hydroxyl groups is 1. The number of pyridine rings is 1. The van der Waals surface area contributed by atoms with E-state index < -0.39 is 27.3 Å². The van der Waals surface area contributed by atoms with Gasteiger partial charge in [0.1, 0.15) is 17.1 Å². The van der Waals surface area contributed by atoms with E-state index >= 15 is 0 Å². The molecule has 2 aromatic carbocycles. The minimum atomic E-state index is -3.86. The largest absolute Gasteiger partial charge is 0.507 e. The number of hydrogen-bond acceptors (Lipinski definition) is 9. The van der Waals surface area contributed by atoms with Crippen LogP contribution in [0.5, 0.6) is 5.75 Å². The van der Waals surface area contributed by atoms with Crippen LogP contribution in [0, 0.1) is 0 Å². The Kier molecular flexibility index (Phi) is 7.74. The van der Waals surface area contributed by atoms with Crippen LogP contribution in [0.25, 0.3) is 0 Å². The number of azo groups is 1. The standard InChI is InChI=1S/C24H24N6O6S/c31-22(30-11-9-25-10-12-30)14-16-13-18(15-20(23(16)32)24(33)34)28-27-17-4-6-19(7-5-17)37(35,36)29-21-3-1-2-8-26-21/h1-8,13,15,25,32H,9-12,14H2,(H,26,29)(H,33,34). The van der Waals surface area contributed by atoms with Crippen molar-refractivity contribution >= 4 is 39.1 Å². The molecule has 13 heteroatoms. The Bertz CT molecular complexity index is 1420. The molecule has 0 saturated carbocycles. The number of amides is 1. The van der Waals surface area contributed by atoms with Gasteiger partial charge in [-0.3, -0.25) is 9.52 Å². The summed E-state index contributed by atoms with van der Waals surface area (Å²) in [4.78, 5) is 29.9.